The molecule has 0 saturated carbocycles. The highest BCUT2D eigenvalue weighted by atomic mass is 16.5. The van der Waals surface area contributed by atoms with Crippen molar-refractivity contribution in [2.24, 2.45) is 5.92 Å². The van der Waals surface area contributed by atoms with E-state index in [1.165, 1.54) is 6.08 Å². The van der Waals surface area contributed by atoms with Crippen LogP contribution < -0.4 is 14.8 Å². The molecule has 0 atom stereocenters. The standard InChI is InChI=1S/C22H24N2O3/c1-15(2)14-27-21-12-17(9-10-20(21)26-4)11-18(13-23)22(25)24-19-8-6-5-7-16(19)3/h5-12,15H,14H2,1-4H3,(H,24,25)/b18-11+. The summed E-state index contributed by atoms with van der Waals surface area (Å²) < 4.78 is 11.1. The fourth-order valence-electron chi connectivity index (χ4n) is 2.37. The minimum atomic E-state index is -0.452. The van der Waals surface area contributed by atoms with Gasteiger partial charge in [-0.05, 0) is 48.2 Å². The Morgan fingerprint density at radius 2 is 1.96 bits per heavy atom. The lowest BCUT2D eigenvalue weighted by Gasteiger charge is -2.13. The lowest BCUT2D eigenvalue weighted by molar-refractivity contribution is -0.112. The molecule has 0 aliphatic heterocycles. The zero-order valence-electron chi connectivity index (χ0n) is 16.1. The number of carbonyl (C=O) groups excluding carboxylic acids is 1. The third-order valence-electron chi connectivity index (χ3n) is 3.83. The van der Waals surface area contributed by atoms with Crippen molar-refractivity contribution in [2.75, 3.05) is 19.0 Å². The van der Waals surface area contributed by atoms with Gasteiger partial charge in [0.05, 0.1) is 13.7 Å². The SMILES string of the molecule is COc1ccc(/C=C(\C#N)C(=O)Nc2ccccc2C)cc1OCC(C)C. The maximum Gasteiger partial charge on any atom is 0.266 e. The summed E-state index contributed by atoms with van der Waals surface area (Å²) in [4.78, 5) is 12.5. The minimum absolute atomic E-state index is 0.0122. The third kappa shape index (κ3) is 5.61. The molecule has 0 heterocycles. The van der Waals surface area contributed by atoms with E-state index in [4.69, 9.17) is 9.47 Å². The summed E-state index contributed by atoms with van der Waals surface area (Å²) >= 11 is 0. The second-order valence-electron chi connectivity index (χ2n) is 6.55. The first-order valence-electron chi connectivity index (χ1n) is 8.74. The molecule has 0 aliphatic rings. The summed E-state index contributed by atoms with van der Waals surface area (Å²) in [5, 5.41) is 12.2. The molecule has 0 bridgehead atoms. The molecule has 1 amide bonds. The van der Waals surface area contributed by atoms with Crippen molar-refractivity contribution in [2.45, 2.75) is 20.8 Å². The van der Waals surface area contributed by atoms with Crippen LogP contribution >= 0.6 is 0 Å². The van der Waals surface area contributed by atoms with E-state index in [0.717, 1.165) is 5.56 Å². The van der Waals surface area contributed by atoms with E-state index in [2.05, 4.69) is 19.2 Å². The van der Waals surface area contributed by atoms with E-state index >= 15 is 0 Å². The van der Waals surface area contributed by atoms with Gasteiger partial charge in [0.15, 0.2) is 11.5 Å². The van der Waals surface area contributed by atoms with Gasteiger partial charge in [0, 0.05) is 5.69 Å². The van der Waals surface area contributed by atoms with E-state index < -0.39 is 5.91 Å². The number of benzene rings is 2. The van der Waals surface area contributed by atoms with Crippen LogP contribution in [0, 0.1) is 24.2 Å². The van der Waals surface area contributed by atoms with Crippen molar-refractivity contribution < 1.29 is 14.3 Å². The van der Waals surface area contributed by atoms with Gasteiger partial charge in [-0.1, -0.05) is 38.1 Å². The molecule has 5 nitrogen and oxygen atoms in total. The number of para-hydroxylation sites is 1. The van der Waals surface area contributed by atoms with Crippen molar-refractivity contribution in [3.63, 3.8) is 0 Å². The molecule has 1 N–H and O–H groups in total. The molecule has 140 valence electrons. The van der Waals surface area contributed by atoms with Crippen LogP contribution in [0.4, 0.5) is 5.69 Å². The third-order valence-corrected chi connectivity index (χ3v) is 3.83. The smallest absolute Gasteiger partial charge is 0.266 e. The van der Waals surface area contributed by atoms with Gasteiger partial charge in [-0.2, -0.15) is 5.26 Å². The minimum Gasteiger partial charge on any atom is -0.493 e. The number of hydrogen-bond donors (Lipinski definition) is 1. The number of anilines is 1. The van der Waals surface area contributed by atoms with Crippen molar-refractivity contribution in [3.8, 4) is 17.6 Å². The highest BCUT2D eigenvalue weighted by Crippen LogP contribution is 2.29. The molecule has 0 fully saturated rings. The van der Waals surface area contributed by atoms with Crippen LogP contribution in [-0.4, -0.2) is 19.6 Å². The number of methoxy groups -OCH3 is 1. The van der Waals surface area contributed by atoms with Gasteiger partial charge >= 0.3 is 0 Å². The zero-order valence-corrected chi connectivity index (χ0v) is 16.1. The van der Waals surface area contributed by atoms with Crippen LogP contribution in [0.2, 0.25) is 0 Å². The van der Waals surface area contributed by atoms with Crippen molar-refractivity contribution in [3.05, 3.63) is 59.2 Å². The summed E-state index contributed by atoms with van der Waals surface area (Å²) in [5.74, 6) is 1.10. The zero-order chi connectivity index (χ0) is 19.8. The first-order chi connectivity index (χ1) is 12.9. The second-order valence-corrected chi connectivity index (χ2v) is 6.55. The molecular weight excluding hydrogens is 340 g/mol. The van der Waals surface area contributed by atoms with Crippen LogP contribution in [-0.2, 0) is 4.79 Å². The first-order valence-corrected chi connectivity index (χ1v) is 8.74. The van der Waals surface area contributed by atoms with Crippen LogP contribution in [0.25, 0.3) is 6.08 Å². The first kappa shape index (κ1) is 20.1. The molecular formula is C22H24N2O3. The molecule has 0 unspecified atom stereocenters. The lowest BCUT2D eigenvalue weighted by Crippen LogP contribution is -2.14. The predicted octanol–water partition coefficient (Wildman–Crippen LogP) is 4.58. The van der Waals surface area contributed by atoms with Crippen molar-refractivity contribution in [1.82, 2.24) is 0 Å². The van der Waals surface area contributed by atoms with Gasteiger partial charge in [-0.3, -0.25) is 4.79 Å². The predicted molar refractivity (Wildman–Crippen MR) is 107 cm³/mol. The number of aryl methyl sites for hydroxylation is 1. The molecule has 0 spiro atoms. The van der Waals surface area contributed by atoms with Gasteiger partial charge in [0.2, 0.25) is 0 Å². The molecule has 0 radical (unpaired) electrons. The van der Waals surface area contributed by atoms with E-state index in [9.17, 15) is 10.1 Å². The molecule has 5 heteroatoms. The summed E-state index contributed by atoms with van der Waals surface area (Å²) in [6.45, 7) is 6.55. The number of amides is 1. The largest absolute Gasteiger partial charge is 0.493 e. The fraction of sp³-hybridized carbons (Fsp3) is 0.273. The summed E-state index contributed by atoms with van der Waals surface area (Å²) in [7, 11) is 1.57. The Hall–Kier alpha value is -3.26. The average Bonchev–Trinajstić information content (AvgIpc) is 2.66. The molecule has 0 saturated heterocycles. The van der Waals surface area contributed by atoms with Crippen molar-refractivity contribution in [1.29, 1.82) is 5.26 Å². The van der Waals surface area contributed by atoms with Gasteiger partial charge in [0.25, 0.3) is 5.91 Å². The van der Waals surface area contributed by atoms with Gasteiger partial charge in [0.1, 0.15) is 11.6 Å². The molecule has 2 aromatic carbocycles. The Labute approximate surface area is 160 Å². The number of hydrogen-bond acceptors (Lipinski definition) is 4. The number of nitrogens with one attached hydrogen (secondary N) is 1. The summed E-state index contributed by atoms with van der Waals surface area (Å²) in [6.07, 6.45) is 1.54. The Morgan fingerprint density at radius 1 is 1.22 bits per heavy atom. The van der Waals surface area contributed by atoms with Gasteiger partial charge in [-0.25, -0.2) is 0 Å². The maximum absolute atomic E-state index is 12.5. The molecule has 2 aromatic rings. The number of nitriles is 1. The topological polar surface area (TPSA) is 71.3 Å². The van der Waals surface area contributed by atoms with E-state index in [1.54, 1.807) is 31.4 Å². The molecule has 0 aromatic heterocycles. The normalized spacial score (nSPS) is 11.0. The molecule has 27 heavy (non-hydrogen) atoms. The van der Waals surface area contributed by atoms with Crippen LogP contribution in [0.5, 0.6) is 11.5 Å². The number of carbonyl (C=O) groups is 1. The molecule has 2 rings (SSSR count). The number of ether oxygens (including phenoxy) is 2. The van der Waals surface area contributed by atoms with Gasteiger partial charge < -0.3 is 14.8 Å². The van der Waals surface area contributed by atoms with E-state index in [1.807, 2.05) is 31.2 Å². The second kappa shape index (κ2) is 9.44. The van der Waals surface area contributed by atoms with Crippen LogP contribution in [0.15, 0.2) is 48.0 Å². The number of nitrogens with zero attached hydrogens (tertiary/aromatic N) is 1. The highest BCUT2D eigenvalue weighted by molar-refractivity contribution is 6.10. The Morgan fingerprint density at radius 3 is 2.59 bits per heavy atom. The van der Waals surface area contributed by atoms with Gasteiger partial charge in [-0.15, -0.1) is 0 Å². The fourth-order valence-corrected chi connectivity index (χ4v) is 2.37. The Balaban J connectivity index is 2.26. The van der Waals surface area contributed by atoms with Crippen LogP contribution in [0.3, 0.4) is 0 Å². The van der Waals surface area contributed by atoms with E-state index in [0.29, 0.717) is 35.3 Å². The quantitative estimate of drug-likeness (QED) is 0.576. The maximum atomic E-state index is 12.5. The van der Waals surface area contributed by atoms with Crippen LogP contribution in [0.1, 0.15) is 25.0 Å². The number of rotatable bonds is 7. The highest BCUT2D eigenvalue weighted by Gasteiger charge is 2.12. The monoisotopic (exact) mass is 364 g/mol. The Bertz CT molecular complexity index is 879. The Kier molecular flexibility index (Phi) is 7.01. The lowest BCUT2D eigenvalue weighted by atomic mass is 10.1. The van der Waals surface area contributed by atoms with E-state index in [-0.39, 0.29) is 5.57 Å². The summed E-state index contributed by atoms with van der Waals surface area (Å²) in [6, 6.07) is 14.7. The summed E-state index contributed by atoms with van der Waals surface area (Å²) in [5.41, 5.74) is 2.31. The average molecular weight is 364 g/mol. The molecule has 0 aliphatic carbocycles. The van der Waals surface area contributed by atoms with Crippen molar-refractivity contribution >= 4 is 17.7 Å².